The summed E-state index contributed by atoms with van der Waals surface area (Å²) >= 11 is 0. The third kappa shape index (κ3) is 2.19. The molecule has 0 saturated carbocycles. The van der Waals surface area contributed by atoms with Crippen molar-refractivity contribution in [3.63, 3.8) is 0 Å². The van der Waals surface area contributed by atoms with Crippen LogP contribution in [0.15, 0.2) is 21.6 Å². The van der Waals surface area contributed by atoms with E-state index < -0.39 is 16.0 Å². The summed E-state index contributed by atoms with van der Waals surface area (Å²) in [6, 6.07) is 1.47. The maximum Gasteiger partial charge on any atom is 0.325 e. The van der Waals surface area contributed by atoms with Crippen molar-refractivity contribution in [2.75, 3.05) is 18.6 Å². The molecule has 1 aromatic rings. The van der Waals surface area contributed by atoms with E-state index >= 15 is 0 Å². The summed E-state index contributed by atoms with van der Waals surface area (Å²) in [7, 11) is -2.47. The molecule has 0 atom stereocenters. The molecule has 7 nitrogen and oxygen atoms in total. The van der Waals surface area contributed by atoms with Gasteiger partial charge in [-0.25, -0.2) is 4.98 Å². The average molecular weight is 269 g/mol. The van der Waals surface area contributed by atoms with Crippen LogP contribution in [0.3, 0.4) is 0 Å². The van der Waals surface area contributed by atoms with E-state index in [0.717, 1.165) is 6.34 Å². The number of hydrogen-bond acceptors (Lipinski definition) is 6. The fraction of sp³-hybridized carbons (Fsp3) is 0.300. The molecule has 0 N–H and O–H groups in total. The quantitative estimate of drug-likeness (QED) is 0.707. The Hall–Kier alpha value is -1.96. The van der Waals surface area contributed by atoms with E-state index in [9.17, 15) is 13.2 Å². The number of fused-ring (bicyclic) bond motifs is 1. The van der Waals surface area contributed by atoms with Gasteiger partial charge in [0.15, 0.2) is 5.82 Å². The molecule has 0 aromatic carbocycles. The molecule has 18 heavy (non-hydrogen) atoms. The van der Waals surface area contributed by atoms with E-state index in [2.05, 4.69) is 14.1 Å². The van der Waals surface area contributed by atoms with Crippen LogP contribution < -0.4 is 4.90 Å². The largest absolute Gasteiger partial charge is 0.468 e. The molecule has 1 aromatic heterocycles. The molecule has 2 rings (SSSR count). The Morgan fingerprint density at radius 3 is 2.89 bits per heavy atom. The summed E-state index contributed by atoms with van der Waals surface area (Å²) in [5.41, 5.74) is 0.701. The highest BCUT2D eigenvalue weighted by atomic mass is 32.2. The summed E-state index contributed by atoms with van der Waals surface area (Å²) < 4.78 is 31.5. The lowest BCUT2D eigenvalue weighted by Crippen LogP contribution is -2.33. The van der Waals surface area contributed by atoms with Crippen LogP contribution in [-0.2, 0) is 19.6 Å². The zero-order valence-electron chi connectivity index (χ0n) is 9.82. The first-order valence-corrected chi connectivity index (χ1v) is 6.48. The van der Waals surface area contributed by atoms with E-state index in [1.807, 2.05) is 0 Å². The second-order valence-electron chi connectivity index (χ2n) is 3.73. The van der Waals surface area contributed by atoms with Gasteiger partial charge in [-0.05, 0) is 18.6 Å². The molecule has 0 radical (unpaired) electrons. The van der Waals surface area contributed by atoms with Gasteiger partial charge in [0.1, 0.15) is 17.8 Å². The SMILES string of the molecule is COC(=O)CN1C=NS(=O)(=O)c2cc(C)cnc21. The minimum absolute atomic E-state index is 0.00565. The van der Waals surface area contributed by atoms with Crippen molar-refractivity contribution < 1.29 is 17.9 Å². The molecule has 0 unspecified atom stereocenters. The highest BCUT2D eigenvalue weighted by Crippen LogP contribution is 2.27. The summed E-state index contributed by atoms with van der Waals surface area (Å²) in [5, 5.41) is 0. The number of pyridine rings is 1. The Balaban J connectivity index is 2.48. The monoisotopic (exact) mass is 269 g/mol. The van der Waals surface area contributed by atoms with Crippen molar-refractivity contribution in [1.82, 2.24) is 4.98 Å². The summed E-state index contributed by atoms with van der Waals surface area (Å²) in [6.45, 7) is 1.59. The molecule has 0 fully saturated rings. The molecule has 1 aliphatic heterocycles. The number of sulfonamides is 1. The van der Waals surface area contributed by atoms with Crippen molar-refractivity contribution in [2.24, 2.45) is 4.40 Å². The third-order valence-corrected chi connectivity index (χ3v) is 3.60. The number of aryl methyl sites for hydroxylation is 1. The van der Waals surface area contributed by atoms with Gasteiger partial charge in [-0.15, -0.1) is 4.40 Å². The average Bonchev–Trinajstić information content (AvgIpc) is 2.33. The Kier molecular flexibility index (Phi) is 3.04. The molecular formula is C10H11N3O4S. The maximum atomic E-state index is 11.7. The number of carbonyl (C=O) groups is 1. The van der Waals surface area contributed by atoms with Gasteiger partial charge in [0.25, 0.3) is 10.0 Å². The number of rotatable bonds is 2. The van der Waals surface area contributed by atoms with Crippen LogP contribution in [0.5, 0.6) is 0 Å². The standard InChI is InChI=1S/C10H11N3O4S/c1-7-3-8-10(11-4-7)13(5-9(14)17-2)6-12-18(8,15)16/h3-4,6H,5H2,1-2H3. The first kappa shape index (κ1) is 12.5. The Labute approximate surface area is 104 Å². The summed E-state index contributed by atoms with van der Waals surface area (Å²) in [4.78, 5) is 16.6. The molecule has 96 valence electrons. The number of hydrogen-bond donors (Lipinski definition) is 0. The zero-order valence-corrected chi connectivity index (χ0v) is 10.6. The normalized spacial score (nSPS) is 16.2. The molecule has 0 bridgehead atoms. The fourth-order valence-corrected chi connectivity index (χ4v) is 2.58. The molecule has 0 amide bonds. The van der Waals surface area contributed by atoms with Gasteiger partial charge >= 0.3 is 5.97 Å². The van der Waals surface area contributed by atoms with E-state index in [1.165, 1.54) is 24.3 Å². The predicted octanol–water partition coefficient (Wildman–Crippen LogP) is 0.100. The first-order valence-electron chi connectivity index (χ1n) is 5.04. The van der Waals surface area contributed by atoms with Gasteiger partial charge in [-0.3, -0.25) is 4.79 Å². The lowest BCUT2D eigenvalue weighted by Gasteiger charge is -2.22. The molecule has 0 spiro atoms. The van der Waals surface area contributed by atoms with Crippen molar-refractivity contribution in [1.29, 1.82) is 0 Å². The molecule has 8 heteroatoms. The van der Waals surface area contributed by atoms with Crippen molar-refractivity contribution in [2.45, 2.75) is 11.8 Å². The van der Waals surface area contributed by atoms with Crippen LogP contribution >= 0.6 is 0 Å². The van der Waals surface area contributed by atoms with Crippen molar-refractivity contribution >= 4 is 28.1 Å². The number of aromatic nitrogens is 1. The van der Waals surface area contributed by atoms with E-state index in [-0.39, 0.29) is 17.3 Å². The van der Waals surface area contributed by atoms with Gasteiger partial charge in [-0.1, -0.05) is 0 Å². The first-order chi connectivity index (χ1) is 8.44. The minimum Gasteiger partial charge on any atom is -0.468 e. The highest BCUT2D eigenvalue weighted by molar-refractivity contribution is 7.90. The summed E-state index contributed by atoms with van der Waals surface area (Å²) in [5.74, 6) is -0.324. The maximum absolute atomic E-state index is 11.7. The lowest BCUT2D eigenvalue weighted by atomic mass is 10.3. The van der Waals surface area contributed by atoms with Gasteiger partial charge in [0.05, 0.1) is 7.11 Å². The number of anilines is 1. The zero-order chi connectivity index (χ0) is 13.3. The van der Waals surface area contributed by atoms with Gasteiger partial charge in [0.2, 0.25) is 0 Å². The highest BCUT2D eigenvalue weighted by Gasteiger charge is 2.28. The van der Waals surface area contributed by atoms with Gasteiger partial charge < -0.3 is 9.64 Å². The lowest BCUT2D eigenvalue weighted by molar-refractivity contribution is -0.138. The predicted molar refractivity (Wildman–Crippen MR) is 64.0 cm³/mol. The second-order valence-corrected chi connectivity index (χ2v) is 5.34. The second kappa shape index (κ2) is 4.37. The van der Waals surface area contributed by atoms with Crippen LogP contribution in [0, 0.1) is 6.92 Å². The fourth-order valence-electron chi connectivity index (χ4n) is 1.49. The third-order valence-electron chi connectivity index (χ3n) is 2.37. The molecule has 1 aliphatic rings. The summed E-state index contributed by atoms with van der Waals surface area (Å²) in [6.07, 6.45) is 2.59. The molecule has 0 aliphatic carbocycles. The molecule has 0 saturated heterocycles. The van der Waals surface area contributed by atoms with Gasteiger partial charge in [-0.2, -0.15) is 8.42 Å². The smallest absolute Gasteiger partial charge is 0.325 e. The number of nitrogens with zero attached hydrogens (tertiary/aromatic N) is 3. The van der Waals surface area contributed by atoms with Crippen LogP contribution in [0.1, 0.15) is 5.56 Å². The van der Waals surface area contributed by atoms with E-state index in [4.69, 9.17) is 0 Å². The Morgan fingerprint density at radius 2 is 2.22 bits per heavy atom. The number of methoxy groups -OCH3 is 1. The molecule has 2 heterocycles. The van der Waals surface area contributed by atoms with Crippen LogP contribution in [0.2, 0.25) is 0 Å². The number of carbonyl (C=O) groups excluding carboxylic acids is 1. The molecular weight excluding hydrogens is 258 g/mol. The van der Waals surface area contributed by atoms with E-state index in [0.29, 0.717) is 5.56 Å². The Morgan fingerprint density at radius 1 is 1.50 bits per heavy atom. The van der Waals surface area contributed by atoms with Crippen LogP contribution in [0.25, 0.3) is 0 Å². The van der Waals surface area contributed by atoms with Crippen molar-refractivity contribution in [3.8, 4) is 0 Å². The Bertz CT molecular complexity index is 624. The van der Waals surface area contributed by atoms with Crippen LogP contribution in [0.4, 0.5) is 5.82 Å². The topological polar surface area (TPSA) is 88.9 Å². The number of ether oxygens (including phenoxy) is 1. The number of esters is 1. The van der Waals surface area contributed by atoms with Crippen LogP contribution in [-0.4, -0.2) is 39.4 Å². The van der Waals surface area contributed by atoms with Crippen molar-refractivity contribution in [3.05, 3.63) is 17.8 Å². The minimum atomic E-state index is -3.73. The van der Waals surface area contributed by atoms with E-state index in [1.54, 1.807) is 6.92 Å². The van der Waals surface area contributed by atoms with Gasteiger partial charge in [0, 0.05) is 6.20 Å².